The molecule has 1 N–H and O–H groups in total. The Balaban J connectivity index is 1.23. The van der Waals surface area contributed by atoms with E-state index in [1.54, 1.807) is 4.68 Å². The Morgan fingerprint density at radius 1 is 1.25 bits per heavy atom. The van der Waals surface area contributed by atoms with Crippen LogP contribution in [0.4, 0.5) is 5.82 Å². The van der Waals surface area contributed by atoms with Gasteiger partial charge in [0.05, 0.1) is 12.8 Å². The lowest BCUT2D eigenvalue weighted by Crippen LogP contribution is -2.08. The normalized spacial score (nSPS) is 20.8. The van der Waals surface area contributed by atoms with Gasteiger partial charge in [-0.15, -0.1) is 0 Å². The Morgan fingerprint density at radius 3 is 2.93 bits per heavy atom. The van der Waals surface area contributed by atoms with E-state index >= 15 is 0 Å². The van der Waals surface area contributed by atoms with Crippen LogP contribution in [-0.2, 0) is 13.6 Å². The molecule has 3 aromatic rings. The maximum Gasteiger partial charge on any atom is 0.218 e. The number of hydrogen-bond acceptors (Lipinski definition) is 6. The molecule has 5 rings (SSSR count). The predicted octanol–water partition coefficient (Wildman–Crippen LogP) is 3.28. The van der Waals surface area contributed by atoms with Crippen molar-refractivity contribution in [3.63, 3.8) is 0 Å². The second kappa shape index (κ2) is 7.22. The number of nitrogens with zero attached hydrogens (tertiary/aromatic N) is 5. The number of rotatable bonds is 8. The van der Waals surface area contributed by atoms with Crippen LogP contribution in [0.2, 0.25) is 0 Å². The van der Waals surface area contributed by atoms with Gasteiger partial charge in [0.25, 0.3) is 0 Å². The number of ether oxygens (including phenoxy) is 1. The smallest absolute Gasteiger partial charge is 0.218 e. The van der Waals surface area contributed by atoms with Crippen LogP contribution in [-0.4, -0.2) is 31.3 Å². The fourth-order valence-corrected chi connectivity index (χ4v) is 3.47. The largest absolute Gasteiger partial charge is 0.477 e. The molecular weight excluding hydrogens is 352 g/mol. The maximum absolute atomic E-state index is 6.06. The number of aromatic nitrogens is 5. The van der Waals surface area contributed by atoms with E-state index < -0.39 is 0 Å². The van der Waals surface area contributed by atoms with Crippen molar-refractivity contribution in [2.24, 2.45) is 13.0 Å². The summed E-state index contributed by atoms with van der Waals surface area (Å²) in [5.74, 6) is 3.87. The van der Waals surface area contributed by atoms with Gasteiger partial charge in [0.15, 0.2) is 0 Å². The van der Waals surface area contributed by atoms with Crippen molar-refractivity contribution in [1.29, 1.82) is 0 Å². The standard InChI is InChI=1S/C21H24N6O/c1-27-12-14(11-24-27)10-23-19-9-20(26-21(25-19)15-5-6-15)28-13-16-8-17(16)18-4-2-3-7-22-18/h2-4,7,9,11-12,15-17H,5-6,8,10,13H2,1H3,(H,23,25,26)/t16-,17+/m1/s1. The van der Waals surface area contributed by atoms with Gasteiger partial charge in [0.1, 0.15) is 11.6 Å². The topological polar surface area (TPSA) is 77.8 Å². The van der Waals surface area contributed by atoms with Gasteiger partial charge >= 0.3 is 0 Å². The average Bonchev–Trinajstić information content (AvgIpc) is 3.64. The summed E-state index contributed by atoms with van der Waals surface area (Å²) in [6.45, 7) is 1.35. The SMILES string of the molecule is Cn1cc(CNc2cc(OC[C@H]3C[C@@H]3c3ccccn3)nc(C3CC3)n2)cn1. The first-order chi connectivity index (χ1) is 13.7. The van der Waals surface area contributed by atoms with Crippen LogP contribution in [0.25, 0.3) is 0 Å². The van der Waals surface area contributed by atoms with E-state index in [4.69, 9.17) is 4.74 Å². The first kappa shape index (κ1) is 17.2. The number of anilines is 1. The molecular formula is C21H24N6O. The highest BCUT2D eigenvalue weighted by atomic mass is 16.5. The van der Waals surface area contributed by atoms with Gasteiger partial charge in [-0.3, -0.25) is 9.67 Å². The lowest BCUT2D eigenvalue weighted by atomic mass is 10.2. The van der Waals surface area contributed by atoms with Gasteiger partial charge in [-0.2, -0.15) is 10.1 Å². The zero-order valence-corrected chi connectivity index (χ0v) is 16.0. The van der Waals surface area contributed by atoms with Crippen molar-refractivity contribution in [1.82, 2.24) is 24.7 Å². The molecule has 7 heteroatoms. The molecule has 0 aromatic carbocycles. The Morgan fingerprint density at radius 2 is 2.18 bits per heavy atom. The molecule has 2 aliphatic rings. The number of nitrogens with one attached hydrogen (secondary N) is 1. The molecule has 2 aliphatic carbocycles. The third-order valence-electron chi connectivity index (χ3n) is 5.33. The first-order valence-corrected chi connectivity index (χ1v) is 9.89. The van der Waals surface area contributed by atoms with Crippen LogP contribution >= 0.6 is 0 Å². The summed E-state index contributed by atoms with van der Waals surface area (Å²) in [5.41, 5.74) is 2.28. The Kier molecular flexibility index (Phi) is 4.43. The van der Waals surface area contributed by atoms with E-state index in [-0.39, 0.29) is 0 Å². The summed E-state index contributed by atoms with van der Waals surface area (Å²) >= 11 is 0. The highest BCUT2D eigenvalue weighted by Gasteiger charge is 2.40. The highest BCUT2D eigenvalue weighted by Crippen LogP contribution is 2.46. The third kappa shape index (κ3) is 3.98. The molecule has 3 heterocycles. The van der Waals surface area contributed by atoms with E-state index in [0.29, 0.717) is 36.8 Å². The number of hydrogen-bond donors (Lipinski definition) is 1. The quantitative estimate of drug-likeness (QED) is 0.650. The summed E-state index contributed by atoms with van der Waals surface area (Å²) in [4.78, 5) is 13.8. The second-order valence-electron chi connectivity index (χ2n) is 7.77. The van der Waals surface area contributed by atoms with Crippen LogP contribution in [0.15, 0.2) is 42.9 Å². The monoisotopic (exact) mass is 376 g/mol. The summed E-state index contributed by atoms with van der Waals surface area (Å²) in [7, 11) is 1.92. The van der Waals surface area contributed by atoms with Gasteiger partial charge in [-0.25, -0.2) is 4.98 Å². The minimum Gasteiger partial charge on any atom is -0.477 e. The van der Waals surface area contributed by atoms with E-state index in [2.05, 4.69) is 31.4 Å². The maximum atomic E-state index is 6.06. The molecule has 2 saturated carbocycles. The zero-order valence-electron chi connectivity index (χ0n) is 16.0. The summed E-state index contributed by atoms with van der Waals surface area (Å²) in [6.07, 6.45) is 9.17. The molecule has 2 fully saturated rings. The van der Waals surface area contributed by atoms with Crippen LogP contribution < -0.4 is 10.1 Å². The molecule has 7 nitrogen and oxygen atoms in total. The highest BCUT2D eigenvalue weighted by molar-refractivity contribution is 5.40. The minimum absolute atomic E-state index is 0.477. The van der Waals surface area contributed by atoms with Crippen molar-refractivity contribution in [3.05, 3.63) is 59.9 Å². The fraction of sp³-hybridized carbons (Fsp3) is 0.429. The molecule has 2 atom stereocenters. The molecule has 0 aliphatic heterocycles. The average molecular weight is 376 g/mol. The third-order valence-corrected chi connectivity index (χ3v) is 5.33. The molecule has 0 radical (unpaired) electrons. The Bertz CT molecular complexity index is 953. The van der Waals surface area contributed by atoms with Crippen LogP contribution in [0.3, 0.4) is 0 Å². The van der Waals surface area contributed by atoms with Gasteiger partial charge in [-0.1, -0.05) is 6.07 Å². The second-order valence-corrected chi connectivity index (χ2v) is 7.77. The zero-order chi connectivity index (χ0) is 18.9. The number of pyridine rings is 1. The van der Waals surface area contributed by atoms with Crippen molar-refractivity contribution in [3.8, 4) is 5.88 Å². The van der Waals surface area contributed by atoms with E-state index in [1.807, 2.05) is 43.8 Å². The minimum atomic E-state index is 0.477. The van der Waals surface area contributed by atoms with Crippen LogP contribution in [0.5, 0.6) is 5.88 Å². The van der Waals surface area contributed by atoms with Crippen molar-refractivity contribution >= 4 is 5.82 Å². The van der Waals surface area contributed by atoms with Crippen molar-refractivity contribution in [2.45, 2.75) is 37.6 Å². The summed E-state index contributed by atoms with van der Waals surface area (Å²) < 4.78 is 7.86. The molecule has 3 aromatic heterocycles. The van der Waals surface area contributed by atoms with Crippen LogP contribution in [0, 0.1) is 5.92 Å². The van der Waals surface area contributed by atoms with Gasteiger partial charge in [0, 0.05) is 61.1 Å². The molecule has 28 heavy (non-hydrogen) atoms. The first-order valence-electron chi connectivity index (χ1n) is 9.89. The molecule has 144 valence electrons. The molecule has 0 saturated heterocycles. The van der Waals surface area contributed by atoms with Crippen molar-refractivity contribution < 1.29 is 4.74 Å². The number of aryl methyl sites for hydroxylation is 1. The van der Waals surface area contributed by atoms with E-state index in [0.717, 1.165) is 42.2 Å². The molecule has 0 spiro atoms. The Hall–Kier alpha value is -2.96. The van der Waals surface area contributed by atoms with E-state index in [1.165, 1.54) is 0 Å². The lowest BCUT2D eigenvalue weighted by molar-refractivity contribution is 0.284. The van der Waals surface area contributed by atoms with E-state index in [9.17, 15) is 0 Å². The molecule has 0 bridgehead atoms. The van der Waals surface area contributed by atoms with Crippen molar-refractivity contribution in [2.75, 3.05) is 11.9 Å². The van der Waals surface area contributed by atoms with Gasteiger partial charge in [0.2, 0.25) is 5.88 Å². The molecule has 0 unspecified atom stereocenters. The predicted molar refractivity (Wildman–Crippen MR) is 105 cm³/mol. The van der Waals surface area contributed by atoms with Crippen LogP contribution in [0.1, 0.15) is 48.2 Å². The summed E-state index contributed by atoms with van der Waals surface area (Å²) in [5, 5.41) is 7.59. The van der Waals surface area contributed by atoms with Gasteiger partial charge in [-0.05, 0) is 31.4 Å². The van der Waals surface area contributed by atoms with Gasteiger partial charge < -0.3 is 10.1 Å². The lowest BCUT2D eigenvalue weighted by Gasteiger charge is -2.10. The Labute approximate surface area is 164 Å². The summed E-state index contributed by atoms with van der Waals surface area (Å²) in [6, 6.07) is 8.00. The fourth-order valence-electron chi connectivity index (χ4n) is 3.47. The molecule has 0 amide bonds.